The maximum atomic E-state index is 2.60. The zero-order valence-corrected chi connectivity index (χ0v) is 24.0. The molecule has 5 aromatic carbocycles. The highest BCUT2D eigenvalue weighted by atomic mass is 31.1. The number of anilines is 2. The maximum absolute atomic E-state index is 2.60. The molecule has 0 N–H and O–H groups in total. The Morgan fingerprint density at radius 1 is 0.385 bits per heavy atom. The van der Waals surface area contributed by atoms with Gasteiger partial charge >= 0.3 is 0 Å². The molecule has 0 saturated carbocycles. The Morgan fingerprint density at radius 2 is 0.667 bits per heavy atom. The fourth-order valence-corrected chi connectivity index (χ4v) is 10.1. The van der Waals surface area contributed by atoms with Crippen LogP contribution < -0.4 is 31.0 Å². The van der Waals surface area contributed by atoms with Crippen molar-refractivity contribution in [2.24, 2.45) is 0 Å². The lowest BCUT2D eigenvalue weighted by atomic mass is 10.2. The lowest BCUT2D eigenvalue weighted by Gasteiger charge is -2.26. The van der Waals surface area contributed by atoms with E-state index < -0.39 is 15.8 Å². The molecule has 0 spiro atoms. The van der Waals surface area contributed by atoms with E-state index in [4.69, 9.17) is 0 Å². The van der Waals surface area contributed by atoms with Gasteiger partial charge in [-0.15, -0.1) is 0 Å². The van der Waals surface area contributed by atoms with Crippen LogP contribution in [0, 0.1) is 0 Å². The molecule has 0 fully saturated rings. The van der Waals surface area contributed by atoms with E-state index in [1.165, 1.54) is 32.6 Å². The van der Waals surface area contributed by atoms with Gasteiger partial charge in [-0.3, -0.25) is 0 Å². The number of rotatable bonds is 10. The molecule has 5 aromatic rings. The second-order valence-corrected chi connectivity index (χ2v) is 14.5. The zero-order chi connectivity index (χ0) is 26.3. The molecule has 6 rings (SSSR count). The lowest BCUT2D eigenvalue weighted by molar-refractivity contribution is 0.806. The first-order valence-electron chi connectivity index (χ1n) is 13.7. The summed E-state index contributed by atoms with van der Waals surface area (Å²) in [7, 11) is -0.813. The maximum Gasteiger partial charge on any atom is 0.0904 e. The van der Waals surface area contributed by atoms with Crippen LogP contribution in [-0.2, 0) is 0 Å². The van der Waals surface area contributed by atoms with Crippen LogP contribution in [0.25, 0.3) is 0 Å². The quantitative estimate of drug-likeness (QED) is 0.184. The third-order valence-electron chi connectivity index (χ3n) is 7.36. The smallest absolute Gasteiger partial charge is 0.0904 e. The molecule has 0 atom stereocenters. The van der Waals surface area contributed by atoms with Crippen molar-refractivity contribution in [3.05, 3.63) is 146 Å². The minimum atomic E-state index is -0.406. The van der Waals surface area contributed by atoms with E-state index in [1.54, 1.807) is 0 Å². The highest BCUT2D eigenvalue weighted by Crippen LogP contribution is 2.40. The van der Waals surface area contributed by atoms with Crippen LogP contribution in [-0.4, -0.2) is 32.1 Å². The van der Waals surface area contributed by atoms with E-state index in [0.717, 1.165) is 32.1 Å². The molecule has 2 nitrogen and oxygen atoms in total. The summed E-state index contributed by atoms with van der Waals surface area (Å²) in [6, 6.07) is 53.3. The molecule has 0 aliphatic carbocycles. The highest BCUT2D eigenvalue weighted by molar-refractivity contribution is 7.73. The molecular weight excluding hydrogens is 510 g/mol. The summed E-state index contributed by atoms with van der Waals surface area (Å²) >= 11 is 0. The second-order valence-electron chi connectivity index (χ2n) is 9.80. The molecule has 39 heavy (non-hydrogen) atoms. The van der Waals surface area contributed by atoms with Gasteiger partial charge in [0.25, 0.3) is 0 Å². The van der Waals surface area contributed by atoms with Crippen LogP contribution in [0.15, 0.2) is 146 Å². The van der Waals surface area contributed by atoms with Crippen LogP contribution >= 0.6 is 15.8 Å². The van der Waals surface area contributed by atoms with Gasteiger partial charge in [0, 0.05) is 13.1 Å². The number of fused-ring (bicyclic) bond motifs is 1. The summed E-state index contributed by atoms with van der Waals surface area (Å²) in [5, 5.41) is 5.83. The average Bonchev–Trinajstić information content (AvgIpc) is 3.37. The molecule has 0 unspecified atom stereocenters. The fourth-order valence-electron chi connectivity index (χ4n) is 5.43. The number of nitrogens with zero attached hydrogens (tertiary/aromatic N) is 2. The van der Waals surface area contributed by atoms with Crippen LogP contribution in [0.3, 0.4) is 0 Å². The minimum Gasteiger partial charge on any atom is -0.352 e. The van der Waals surface area contributed by atoms with Gasteiger partial charge in [-0.05, 0) is 61.5 Å². The largest absolute Gasteiger partial charge is 0.352 e. The molecule has 1 heterocycles. The van der Waals surface area contributed by atoms with Gasteiger partial charge in [-0.1, -0.05) is 133 Å². The predicted molar refractivity (Wildman–Crippen MR) is 174 cm³/mol. The first kappa shape index (κ1) is 25.8. The highest BCUT2D eigenvalue weighted by Gasteiger charge is 2.27. The Balaban J connectivity index is 1.20. The Kier molecular flexibility index (Phi) is 8.35. The van der Waals surface area contributed by atoms with E-state index in [9.17, 15) is 0 Å². The molecule has 0 saturated heterocycles. The van der Waals surface area contributed by atoms with Gasteiger partial charge in [0.15, 0.2) is 0 Å². The molecule has 0 bridgehead atoms. The van der Waals surface area contributed by atoms with Crippen molar-refractivity contribution in [3.8, 4) is 0 Å². The molecule has 1 aliphatic rings. The topological polar surface area (TPSA) is 6.48 Å². The van der Waals surface area contributed by atoms with E-state index in [-0.39, 0.29) is 0 Å². The van der Waals surface area contributed by atoms with E-state index in [0.29, 0.717) is 0 Å². The number of hydrogen-bond donors (Lipinski definition) is 0. The summed E-state index contributed by atoms with van der Waals surface area (Å²) in [6.07, 6.45) is 2.29. The van der Waals surface area contributed by atoms with Gasteiger partial charge in [0.1, 0.15) is 0 Å². The molecule has 1 aliphatic heterocycles. The third-order valence-corrected chi connectivity index (χ3v) is 12.3. The van der Waals surface area contributed by atoms with Crippen molar-refractivity contribution < 1.29 is 0 Å². The second kappa shape index (κ2) is 12.6. The van der Waals surface area contributed by atoms with Crippen LogP contribution in [0.5, 0.6) is 0 Å². The van der Waals surface area contributed by atoms with Crippen molar-refractivity contribution in [3.63, 3.8) is 0 Å². The third kappa shape index (κ3) is 6.09. The van der Waals surface area contributed by atoms with Crippen molar-refractivity contribution in [2.45, 2.75) is 0 Å². The molecule has 4 heteroatoms. The monoisotopic (exact) mass is 544 g/mol. The summed E-state index contributed by atoms with van der Waals surface area (Å²) < 4.78 is 0. The summed E-state index contributed by atoms with van der Waals surface area (Å²) in [5.74, 6) is 0. The first-order chi connectivity index (χ1) is 19.4. The Hall–Kier alpha value is -3.44. The Bertz CT molecular complexity index is 1250. The van der Waals surface area contributed by atoms with Gasteiger partial charge < -0.3 is 9.80 Å². The van der Waals surface area contributed by atoms with Gasteiger partial charge in [-0.2, -0.15) is 0 Å². The molecule has 0 radical (unpaired) electrons. The van der Waals surface area contributed by atoms with E-state index in [2.05, 4.69) is 155 Å². The summed E-state index contributed by atoms with van der Waals surface area (Å²) in [4.78, 5) is 5.20. The van der Waals surface area contributed by atoms with Crippen molar-refractivity contribution >= 4 is 48.4 Å². The number of hydrogen-bond acceptors (Lipinski definition) is 2. The normalized spacial score (nSPS) is 12.8. The molecule has 0 amide bonds. The lowest BCUT2D eigenvalue weighted by Crippen LogP contribution is -2.35. The molecule has 194 valence electrons. The molecular formula is C35H34N2P2. The zero-order valence-electron chi connectivity index (χ0n) is 22.2. The van der Waals surface area contributed by atoms with Crippen molar-refractivity contribution in [2.75, 3.05) is 41.9 Å². The fraction of sp³-hybridized carbons (Fsp3) is 0.143. The standard InChI is InChI=1S/C35H34N2P2/c1-5-15-30(16-6-1)38(31-17-7-2-8-18-31)27-25-36-29-37(35-24-14-13-23-34(35)36)26-28-39(32-19-9-3-10-20-32)33-21-11-4-12-22-33/h1-24H,25-29H2. The van der Waals surface area contributed by atoms with Crippen molar-refractivity contribution in [1.82, 2.24) is 0 Å². The summed E-state index contributed by atoms with van der Waals surface area (Å²) in [5.41, 5.74) is 2.75. The number of para-hydroxylation sites is 2. The Labute approximate surface area is 235 Å². The minimum absolute atomic E-state index is 0.406. The first-order valence-corrected chi connectivity index (χ1v) is 16.8. The average molecular weight is 545 g/mol. The Morgan fingerprint density at radius 3 is 0.974 bits per heavy atom. The van der Waals surface area contributed by atoms with Gasteiger partial charge in [0.05, 0.1) is 18.0 Å². The van der Waals surface area contributed by atoms with Crippen LogP contribution in [0.2, 0.25) is 0 Å². The van der Waals surface area contributed by atoms with Gasteiger partial charge in [-0.25, -0.2) is 0 Å². The van der Waals surface area contributed by atoms with Crippen molar-refractivity contribution in [1.29, 1.82) is 0 Å². The van der Waals surface area contributed by atoms with Crippen LogP contribution in [0.4, 0.5) is 11.4 Å². The van der Waals surface area contributed by atoms with Gasteiger partial charge in [0.2, 0.25) is 0 Å². The summed E-state index contributed by atoms with van der Waals surface area (Å²) in [6.45, 7) is 3.06. The molecule has 0 aromatic heterocycles. The predicted octanol–water partition coefficient (Wildman–Crippen LogP) is 6.54. The SMILES string of the molecule is c1ccc(P(CCN2CN(CCP(c3ccccc3)c3ccccc3)c3ccccc32)c2ccccc2)cc1. The van der Waals surface area contributed by atoms with Crippen LogP contribution in [0.1, 0.15) is 0 Å². The van der Waals surface area contributed by atoms with E-state index in [1.807, 2.05) is 0 Å². The van der Waals surface area contributed by atoms with E-state index >= 15 is 0 Å². The number of benzene rings is 5.